The van der Waals surface area contributed by atoms with Crippen LogP contribution in [0.5, 0.6) is 0 Å². The number of quaternary nitrogens is 1. The number of nitrogens with zero attached hydrogens (tertiary/aromatic N) is 5. The molecule has 1 aromatic rings. The minimum Gasteiger partial charge on any atom is -0.477 e. The number of nitrogen functional groups attached to an aromatic ring is 1. The standard InChI is InChI=1S/C21H27N7O6S2/c1-34-25-12(15-24-20(22)36-26-15)16(30)23-13-17(31)27-14(19(32)33)11(9-35-18(13)27)8-28-5-2-21(10-29,3-6-28)4-7-28/h13,18,29H,2-10H2,1H3,(H3-,22,23,24,26,30,32,33)/p+1/b25-12-/t13-,18-,21?,28?/m1/s1. The fraction of sp³-hybridized carbons (Fsp3) is 0.619. The van der Waals surface area contributed by atoms with Crippen molar-refractivity contribution in [3.63, 3.8) is 0 Å². The van der Waals surface area contributed by atoms with Gasteiger partial charge in [0.05, 0.1) is 19.6 Å². The second-order valence-corrected chi connectivity index (χ2v) is 11.7. The molecule has 5 aliphatic heterocycles. The minimum atomic E-state index is -1.14. The monoisotopic (exact) mass is 538 g/mol. The van der Waals surface area contributed by atoms with Crippen molar-refractivity contribution in [2.75, 3.05) is 51.4 Å². The third kappa shape index (κ3) is 4.13. The van der Waals surface area contributed by atoms with Crippen LogP contribution in [-0.4, -0.2) is 110 Å². The molecule has 6 heterocycles. The van der Waals surface area contributed by atoms with Crippen LogP contribution in [0.4, 0.5) is 5.13 Å². The summed E-state index contributed by atoms with van der Waals surface area (Å²) in [5.74, 6) is -1.92. The van der Waals surface area contributed by atoms with Gasteiger partial charge in [-0.1, -0.05) is 5.16 Å². The highest BCUT2D eigenvalue weighted by atomic mass is 32.2. The van der Waals surface area contributed by atoms with Gasteiger partial charge in [-0.3, -0.25) is 14.5 Å². The lowest BCUT2D eigenvalue weighted by atomic mass is 9.71. The summed E-state index contributed by atoms with van der Waals surface area (Å²) in [5, 5.41) is 25.8. The largest absolute Gasteiger partial charge is 0.477 e. The van der Waals surface area contributed by atoms with Crippen molar-refractivity contribution in [2.24, 2.45) is 10.6 Å². The lowest BCUT2D eigenvalue weighted by Crippen LogP contribution is -2.71. The summed E-state index contributed by atoms with van der Waals surface area (Å²) in [5.41, 5.74) is 6.15. The van der Waals surface area contributed by atoms with Gasteiger partial charge in [0.25, 0.3) is 11.8 Å². The fourth-order valence-electron chi connectivity index (χ4n) is 5.63. The highest BCUT2D eigenvalue weighted by Gasteiger charge is 2.56. The van der Waals surface area contributed by atoms with Gasteiger partial charge in [-0.15, -0.1) is 11.8 Å². The van der Waals surface area contributed by atoms with E-state index in [-0.39, 0.29) is 34.4 Å². The average molecular weight is 539 g/mol. The smallest absolute Gasteiger partial charge is 0.352 e. The number of hydrogen-bond donors (Lipinski definition) is 4. The number of carbonyl (C=O) groups is 3. The van der Waals surface area contributed by atoms with E-state index in [1.54, 1.807) is 0 Å². The summed E-state index contributed by atoms with van der Waals surface area (Å²) >= 11 is 2.33. The van der Waals surface area contributed by atoms with Crippen LogP contribution in [0, 0.1) is 5.41 Å². The van der Waals surface area contributed by atoms with E-state index in [2.05, 4.69) is 19.8 Å². The van der Waals surface area contributed by atoms with Gasteiger partial charge in [0, 0.05) is 54.1 Å². The van der Waals surface area contributed by atoms with Crippen LogP contribution in [0.1, 0.15) is 25.1 Å². The van der Waals surface area contributed by atoms with Crippen LogP contribution >= 0.6 is 23.3 Å². The molecule has 13 nitrogen and oxygen atoms in total. The molecule has 0 unspecified atom stereocenters. The number of aliphatic hydroxyl groups is 1. The molecule has 5 N–H and O–H groups in total. The zero-order valence-corrected chi connectivity index (χ0v) is 21.3. The zero-order chi connectivity index (χ0) is 25.7. The average Bonchev–Trinajstić information content (AvgIpc) is 3.31. The van der Waals surface area contributed by atoms with Crippen molar-refractivity contribution in [3.05, 3.63) is 17.1 Å². The molecule has 36 heavy (non-hydrogen) atoms. The summed E-state index contributed by atoms with van der Waals surface area (Å²) in [6.07, 6.45) is 2.78. The van der Waals surface area contributed by atoms with Crippen molar-refractivity contribution in [1.82, 2.24) is 19.6 Å². The quantitative estimate of drug-likeness (QED) is 0.142. The van der Waals surface area contributed by atoms with Crippen molar-refractivity contribution in [3.8, 4) is 0 Å². The molecule has 2 bridgehead atoms. The molecule has 5 aliphatic rings. The first-order valence-corrected chi connectivity index (χ1v) is 13.4. The molecular weight excluding hydrogens is 510 g/mol. The van der Waals surface area contributed by atoms with E-state index in [1.807, 2.05) is 0 Å². The van der Waals surface area contributed by atoms with Gasteiger partial charge in [0.1, 0.15) is 30.8 Å². The number of oxime groups is 1. The highest BCUT2D eigenvalue weighted by Crippen LogP contribution is 2.46. The van der Waals surface area contributed by atoms with Crippen molar-refractivity contribution < 1.29 is 33.9 Å². The molecule has 0 radical (unpaired) electrons. The topological polar surface area (TPSA) is 180 Å². The third-order valence-corrected chi connectivity index (χ3v) is 9.68. The number of thioether (sulfide) groups is 1. The molecular formula is C21H28N7O6S2+. The Morgan fingerprint density at radius 1 is 1.33 bits per heavy atom. The first kappa shape index (κ1) is 24.9. The lowest BCUT2D eigenvalue weighted by molar-refractivity contribution is -0.941. The number of aromatic nitrogens is 2. The maximum Gasteiger partial charge on any atom is 0.352 e. The Bertz CT molecular complexity index is 1140. The Kier molecular flexibility index (Phi) is 6.43. The van der Waals surface area contributed by atoms with Gasteiger partial charge in [-0.25, -0.2) is 4.79 Å². The molecule has 0 saturated carbocycles. The third-order valence-electron chi connectivity index (χ3n) is 7.80. The molecule has 6 rings (SSSR count). The highest BCUT2D eigenvalue weighted by molar-refractivity contribution is 8.00. The van der Waals surface area contributed by atoms with Crippen LogP contribution in [-0.2, 0) is 19.2 Å². The predicted octanol–water partition coefficient (Wildman–Crippen LogP) is -0.798. The van der Waals surface area contributed by atoms with Crippen molar-refractivity contribution >= 4 is 51.9 Å². The number of carboxylic acids is 1. The van der Waals surface area contributed by atoms with Crippen LogP contribution in [0.3, 0.4) is 0 Å². The summed E-state index contributed by atoms with van der Waals surface area (Å²) in [6, 6.07) is -0.918. The van der Waals surface area contributed by atoms with E-state index in [9.17, 15) is 24.6 Å². The summed E-state index contributed by atoms with van der Waals surface area (Å²) in [6.45, 7) is 3.47. The Morgan fingerprint density at radius 2 is 2.03 bits per heavy atom. The number of fused-ring (bicyclic) bond motifs is 4. The minimum absolute atomic E-state index is 0.0139. The van der Waals surface area contributed by atoms with E-state index in [0.29, 0.717) is 12.3 Å². The van der Waals surface area contributed by atoms with Crippen LogP contribution in [0.15, 0.2) is 16.4 Å². The molecule has 1 aromatic heterocycles. The number of carbonyl (C=O) groups excluding carboxylic acids is 2. The van der Waals surface area contributed by atoms with E-state index < -0.39 is 29.2 Å². The predicted molar refractivity (Wildman–Crippen MR) is 131 cm³/mol. The van der Waals surface area contributed by atoms with Crippen LogP contribution in [0.25, 0.3) is 0 Å². The summed E-state index contributed by atoms with van der Waals surface area (Å²) < 4.78 is 4.76. The van der Waals surface area contributed by atoms with Crippen LogP contribution < -0.4 is 11.1 Å². The molecule has 0 spiro atoms. The second-order valence-electron chi connectivity index (χ2n) is 9.78. The van der Waals surface area contributed by atoms with Crippen molar-refractivity contribution in [1.29, 1.82) is 0 Å². The number of rotatable bonds is 8. The van der Waals surface area contributed by atoms with Gasteiger partial charge in [-0.2, -0.15) is 9.36 Å². The molecule has 0 aromatic carbocycles. The Labute approximate surface area is 215 Å². The Hall–Kier alpha value is -2.75. The zero-order valence-electron chi connectivity index (χ0n) is 19.7. The Balaban J connectivity index is 1.32. The molecule has 0 aliphatic carbocycles. The van der Waals surface area contributed by atoms with Gasteiger partial charge < -0.3 is 30.6 Å². The van der Waals surface area contributed by atoms with E-state index in [0.717, 1.165) is 60.5 Å². The maximum absolute atomic E-state index is 13.1. The van der Waals surface area contributed by atoms with Crippen molar-refractivity contribution in [2.45, 2.75) is 30.7 Å². The SMILES string of the molecule is CO/N=C(\C(=O)N[C@@H]1C(=O)N2C(C(=O)O)=C(C[N+]34CCC(CO)(CC3)CC4)CS[C@H]12)c1nsc(N)n1. The van der Waals surface area contributed by atoms with Gasteiger partial charge in [0.2, 0.25) is 11.5 Å². The summed E-state index contributed by atoms with van der Waals surface area (Å²) in [7, 11) is 1.27. The van der Waals surface area contributed by atoms with E-state index in [4.69, 9.17) is 10.6 Å². The molecule has 2 atom stereocenters. The number of β-lactam (4-membered cyclic amide) rings is 1. The summed E-state index contributed by atoms with van der Waals surface area (Å²) in [4.78, 5) is 48.2. The number of piperidine rings is 3. The molecule has 2 amide bonds. The maximum atomic E-state index is 13.1. The van der Waals surface area contributed by atoms with Gasteiger partial charge in [0.15, 0.2) is 5.13 Å². The van der Waals surface area contributed by atoms with Gasteiger partial charge >= 0.3 is 5.97 Å². The normalized spacial score (nSPS) is 31.7. The number of carboxylic acid groups (broad SMARTS) is 1. The van der Waals surface area contributed by atoms with E-state index >= 15 is 0 Å². The number of aliphatic hydroxyl groups excluding tert-OH is 1. The number of amides is 2. The van der Waals surface area contributed by atoms with E-state index in [1.165, 1.54) is 23.8 Å². The first-order valence-electron chi connectivity index (χ1n) is 11.6. The fourth-order valence-corrected chi connectivity index (χ4v) is 7.40. The Morgan fingerprint density at radius 3 is 2.58 bits per heavy atom. The number of nitrogens with two attached hydrogens (primary N) is 1. The molecule has 15 heteroatoms. The molecule has 4 saturated heterocycles. The van der Waals surface area contributed by atoms with Gasteiger partial charge in [-0.05, 0) is 0 Å². The molecule has 4 fully saturated rings. The molecule has 194 valence electrons. The second kappa shape index (κ2) is 9.28. The number of nitrogens with one attached hydrogen (secondary N) is 1. The first-order chi connectivity index (χ1) is 17.2. The lowest BCUT2D eigenvalue weighted by Gasteiger charge is -2.55. The number of anilines is 1. The van der Waals surface area contributed by atoms with Crippen LogP contribution in [0.2, 0.25) is 0 Å². The number of hydrogen-bond acceptors (Lipinski definition) is 11. The number of aliphatic carboxylic acids is 1.